The Morgan fingerprint density at radius 1 is 1.15 bits per heavy atom. The van der Waals surface area contributed by atoms with Crippen molar-refractivity contribution in [1.82, 2.24) is 5.32 Å². The predicted molar refractivity (Wildman–Crippen MR) is 112 cm³/mol. The lowest BCUT2D eigenvalue weighted by molar-refractivity contribution is -0.142. The fourth-order valence-electron chi connectivity index (χ4n) is 2.58. The van der Waals surface area contributed by atoms with Crippen molar-refractivity contribution in [2.24, 2.45) is 0 Å². The van der Waals surface area contributed by atoms with E-state index in [9.17, 15) is 14.7 Å². The number of hydrogen-bond acceptors (Lipinski definition) is 4. The van der Waals surface area contributed by atoms with E-state index in [2.05, 4.69) is 52.9 Å². The SMILES string of the molecule is CSCCC(NC(=O)COc1ccc(C(C)(C)C)cc1C(C)(C)C)C(=O)O. The summed E-state index contributed by atoms with van der Waals surface area (Å²) in [6.45, 7) is 12.6. The van der Waals surface area contributed by atoms with Crippen LogP contribution in [0.1, 0.15) is 59.1 Å². The molecule has 0 aliphatic carbocycles. The summed E-state index contributed by atoms with van der Waals surface area (Å²) in [7, 11) is 0. The number of carboxylic acids is 1. The molecule has 0 heterocycles. The Bertz CT molecular complexity index is 659. The van der Waals surface area contributed by atoms with Crippen LogP contribution >= 0.6 is 11.8 Å². The van der Waals surface area contributed by atoms with Crippen molar-refractivity contribution in [3.63, 3.8) is 0 Å². The number of ether oxygens (including phenoxy) is 1. The fraction of sp³-hybridized carbons (Fsp3) is 0.619. The first-order valence-corrected chi connectivity index (χ1v) is 10.5. The van der Waals surface area contributed by atoms with E-state index in [1.54, 1.807) is 11.8 Å². The van der Waals surface area contributed by atoms with Crippen LogP contribution in [0.5, 0.6) is 5.75 Å². The Hall–Kier alpha value is -1.69. The highest BCUT2D eigenvalue weighted by atomic mass is 32.2. The zero-order valence-electron chi connectivity index (χ0n) is 17.5. The van der Waals surface area contributed by atoms with E-state index in [-0.39, 0.29) is 17.4 Å². The van der Waals surface area contributed by atoms with Gasteiger partial charge in [-0.25, -0.2) is 4.79 Å². The number of aliphatic carboxylic acids is 1. The fourth-order valence-corrected chi connectivity index (χ4v) is 3.05. The molecule has 152 valence electrons. The van der Waals surface area contributed by atoms with Crippen LogP contribution < -0.4 is 10.1 Å². The Kier molecular flexibility index (Phi) is 8.21. The maximum Gasteiger partial charge on any atom is 0.326 e. The van der Waals surface area contributed by atoms with Gasteiger partial charge in [0.2, 0.25) is 0 Å². The third kappa shape index (κ3) is 7.45. The molecule has 1 aromatic rings. The quantitative estimate of drug-likeness (QED) is 0.696. The molecule has 0 fully saturated rings. The van der Waals surface area contributed by atoms with Crippen LogP contribution in [0, 0.1) is 0 Å². The molecule has 0 aliphatic rings. The van der Waals surface area contributed by atoms with Gasteiger partial charge in [0, 0.05) is 0 Å². The molecule has 1 aromatic carbocycles. The summed E-state index contributed by atoms with van der Waals surface area (Å²) < 4.78 is 5.77. The van der Waals surface area contributed by atoms with E-state index in [1.807, 2.05) is 18.4 Å². The van der Waals surface area contributed by atoms with Crippen LogP contribution in [0.3, 0.4) is 0 Å². The van der Waals surface area contributed by atoms with E-state index in [4.69, 9.17) is 4.74 Å². The summed E-state index contributed by atoms with van der Waals surface area (Å²) in [4.78, 5) is 23.4. The zero-order chi connectivity index (χ0) is 20.8. The molecule has 5 nitrogen and oxygen atoms in total. The van der Waals surface area contributed by atoms with Crippen molar-refractivity contribution in [3.8, 4) is 5.75 Å². The third-order valence-electron chi connectivity index (χ3n) is 4.26. The summed E-state index contributed by atoms with van der Waals surface area (Å²) in [5.74, 6) is -0.132. The summed E-state index contributed by atoms with van der Waals surface area (Å²) >= 11 is 1.55. The second-order valence-electron chi connectivity index (χ2n) is 8.74. The van der Waals surface area contributed by atoms with Gasteiger partial charge in [-0.05, 0) is 46.5 Å². The second kappa shape index (κ2) is 9.49. The van der Waals surface area contributed by atoms with Crippen LogP contribution in [-0.4, -0.2) is 41.6 Å². The van der Waals surface area contributed by atoms with Crippen LogP contribution in [0.2, 0.25) is 0 Å². The minimum atomic E-state index is -1.03. The molecule has 0 aromatic heterocycles. The number of nitrogens with one attached hydrogen (secondary N) is 1. The molecular weight excluding hydrogens is 362 g/mol. The molecule has 1 atom stereocenters. The Labute approximate surface area is 167 Å². The average molecular weight is 396 g/mol. The molecule has 1 rings (SSSR count). The highest BCUT2D eigenvalue weighted by Gasteiger charge is 2.24. The van der Waals surface area contributed by atoms with Crippen LogP contribution in [0.15, 0.2) is 18.2 Å². The van der Waals surface area contributed by atoms with Gasteiger partial charge in [-0.15, -0.1) is 0 Å². The number of rotatable bonds is 8. The van der Waals surface area contributed by atoms with Crippen molar-refractivity contribution in [3.05, 3.63) is 29.3 Å². The van der Waals surface area contributed by atoms with Gasteiger partial charge < -0.3 is 15.2 Å². The number of amides is 1. The van der Waals surface area contributed by atoms with Crippen LogP contribution in [-0.2, 0) is 20.4 Å². The number of carboxylic acid groups (broad SMARTS) is 1. The van der Waals surface area contributed by atoms with Gasteiger partial charge in [0.15, 0.2) is 6.61 Å². The van der Waals surface area contributed by atoms with Gasteiger partial charge >= 0.3 is 5.97 Å². The highest BCUT2D eigenvalue weighted by Crippen LogP contribution is 2.35. The standard InChI is InChI=1S/C21H33NO4S/c1-20(2,3)14-8-9-17(15(12-14)21(4,5)6)26-13-18(23)22-16(19(24)25)10-11-27-7/h8-9,12,16H,10-11,13H2,1-7H3,(H,22,23)(H,24,25). The van der Waals surface area contributed by atoms with Gasteiger partial charge in [-0.2, -0.15) is 11.8 Å². The van der Waals surface area contributed by atoms with Crippen LogP contribution in [0.25, 0.3) is 0 Å². The first-order valence-electron chi connectivity index (χ1n) is 9.15. The second-order valence-corrected chi connectivity index (χ2v) is 9.73. The summed E-state index contributed by atoms with van der Waals surface area (Å²) in [5, 5.41) is 11.8. The molecule has 1 amide bonds. The van der Waals surface area contributed by atoms with E-state index >= 15 is 0 Å². The van der Waals surface area contributed by atoms with Gasteiger partial charge in [0.1, 0.15) is 11.8 Å². The summed E-state index contributed by atoms with van der Waals surface area (Å²) in [6.07, 6.45) is 2.29. The molecule has 0 bridgehead atoms. The van der Waals surface area contributed by atoms with E-state index in [0.717, 1.165) is 5.56 Å². The minimum Gasteiger partial charge on any atom is -0.483 e. The van der Waals surface area contributed by atoms with E-state index in [0.29, 0.717) is 17.9 Å². The van der Waals surface area contributed by atoms with Crippen molar-refractivity contribution in [1.29, 1.82) is 0 Å². The summed E-state index contributed by atoms with van der Waals surface area (Å²) in [6, 6.07) is 5.16. The normalized spacial score (nSPS) is 13.1. The molecule has 2 N–H and O–H groups in total. The lowest BCUT2D eigenvalue weighted by Crippen LogP contribution is -2.43. The Morgan fingerprint density at radius 3 is 2.26 bits per heavy atom. The first kappa shape index (κ1) is 23.3. The maximum absolute atomic E-state index is 12.2. The number of carbonyl (C=O) groups is 2. The zero-order valence-corrected chi connectivity index (χ0v) is 18.3. The molecule has 0 saturated carbocycles. The third-order valence-corrected chi connectivity index (χ3v) is 4.90. The predicted octanol–water partition coefficient (Wildman–Crippen LogP) is 3.98. The molecule has 27 heavy (non-hydrogen) atoms. The van der Waals surface area contributed by atoms with Gasteiger partial charge in [0.05, 0.1) is 0 Å². The number of hydrogen-bond donors (Lipinski definition) is 2. The largest absolute Gasteiger partial charge is 0.483 e. The maximum atomic E-state index is 12.2. The molecule has 0 saturated heterocycles. The van der Waals surface area contributed by atoms with Gasteiger partial charge in [-0.3, -0.25) is 4.79 Å². The molecule has 6 heteroatoms. The molecule has 1 unspecified atom stereocenters. The van der Waals surface area contributed by atoms with Crippen molar-refractivity contribution in [2.45, 2.75) is 64.8 Å². The van der Waals surface area contributed by atoms with Gasteiger partial charge in [0.25, 0.3) is 5.91 Å². The lowest BCUT2D eigenvalue weighted by Gasteiger charge is -2.27. The van der Waals surface area contributed by atoms with Crippen molar-refractivity contribution in [2.75, 3.05) is 18.6 Å². The number of benzene rings is 1. The minimum absolute atomic E-state index is 0.0158. The summed E-state index contributed by atoms with van der Waals surface area (Å²) in [5.41, 5.74) is 2.10. The number of carbonyl (C=O) groups excluding carboxylic acids is 1. The Morgan fingerprint density at radius 2 is 1.78 bits per heavy atom. The van der Waals surface area contributed by atoms with Gasteiger partial charge in [-0.1, -0.05) is 53.7 Å². The monoisotopic (exact) mass is 395 g/mol. The molecule has 0 aliphatic heterocycles. The number of thioether (sulfide) groups is 1. The van der Waals surface area contributed by atoms with Crippen molar-refractivity contribution >= 4 is 23.6 Å². The smallest absolute Gasteiger partial charge is 0.326 e. The first-order chi connectivity index (χ1) is 12.4. The van der Waals surface area contributed by atoms with E-state index < -0.39 is 17.9 Å². The van der Waals surface area contributed by atoms with Crippen LogP contribution in [0.4, 0.5) is 0 Å². The topological polar surface area (TPSA) is 75.6 Å². The highest BCUT2D eigenvalue weighted by molar-refractivity contribution is 7.98. The lowest BCUT2D eigenvalue weighted by atomic mass is 9.80. The van der Waals surface area contributed by atoms with E-state index in [1.165, 1.54) is 5.56 Å². The molecule has 0 radical (unpaired) electrons. The molecule has 0 spiro atoms. The average Bonchev–Trinajstić information content (AvgIpc) is 2.54. The van der Waals surface area contributed by atoms with Crippen molar-refractivity contribution < 1.29 is 19.4 Å². The Balaban J connectivity index is 2.89. The molecular formula is C21H33NO4S.